The highest BCUT2D eigenvalue weighted by molar-refractivity contribution is 5.95. The van der Waals surface area contributed by atoms with Crippen LogP contribution in [0.4, 0.5) is 0 Å². The number of hydrogen-bond acceptors (Lipinski definition) is 3. The van der Waals surface area contributed by atoms with E-state index in [9.17, 15) is 9.59 Å². The molecule has 0 spiro atoms. The summed E-state index contributed by atoms with van der Waals surface area (Å²) in [6.45, 7) is 0.710. The molecule has 1 unspecified atom stereocenters. The summed E-state index contributed by atoms with van der Waals surface area (Å²) in [6, 6.07) is 13.2. The number of hydrogen-bond donors (Lipinski definition) is 1. The summed E-state index contributed by atoms with van der Waals surface area (Å²) in [6.07, 6.45) is 9.68. The van der Waals surface area contributed by atoms with Crippen LogP contribution in [0.2, 0.25) is 0 Å². The lowest BCUT2D eigenvalue weighted by molar-refractivity contribution is 0.0712. The monoisotopic (exact) mass is 349 g/mol. The lowest BCUT2D eigenvalue weighted by Crippen LogP contribution is -2.39. The molecule has 134 valence electrons. The van der Waals surface area contributed by atoms with Gasteiger partial charge in [-0.1, -0.05) is 55.3 Å². The largest absolute Gasteiger partial charge is 0.366 e. The van der Waals surface area contributed by atoms with Crippen molar-refractivity contribution in [2.75, 3.05) is 6.54 Å². The topological polar surface area (TPSA) is 76.3 Å². The molecule has 2 aromatic rings. The number of pyridine rings is 1. The Balaban J connectivity index is 1.80. The molecule has 0 bridgehead atoms. The van der Waals surface area contributed by atoms with Gasteiger partial charge in [0.05, 0.1) is 11.6 Å². The van der Waals surface area contributed by atoms with E-state index in [1.54, 1.807) is 12.1 Å². The maximum atomic E-state index is 13.0. The number of amides is 2. The van der Waals surface area contributed by atoms with Crippen LogP contribution in [0.5, 0.6) is 0 Å². The third-order valence-corrected chi connectivity index (χ3v) is 4.64. The first-order valence-corrected chi connectivity index (χ1v) is 8.95. The molecule has 1 aliphatic heterocycles. The van der Waals surface area contributed by atoms with Crippen molar-refractivity contribution >= 4 is 17.9 Å². The van der Waals surface area contributed by atoms with Crippen molar-refractivity contribution in [1.82, 2.24) is 9.88 Å². The zero-order valence-electron chi connectivity index (χ0n) is 14.7. The Hall–Kier alpha value is -2.95. The summed E-state index contributed by atoms with van der Waals surface area (Å²) < 4.78 is 0. The molecule has 5 nitrogen and oxygen atoms in total. The van der Waals surface area contributed by atoms with Crippen LogP contribution in [0.3, 0.4) is 0 Å². The van der Waals surface area contributed by atoms with Gasteiger partial charge in [0.1, 0.15) is 5.69 Å². The van der Waals surface area contributed by atoms with Gasteiger partial charge in [-0.05, 0) is 30.5 Å². The molecule has 3 rings (SSSR count). The lowest BCUT2D eigenvalue weighted by Gasteiger charge is -2.27. The Labute approximate surface area is 153 Å². The maximum Gasteiger partial charge on any atom is 0.272 e. The molecule has 0 aliphatic carbocycles. The number of rotatable bonds is 4. The number of nitrogens with zero attached hydrogens (tertiary/aromatic N) is 2. The van der Waals surface area contributed by atoms with E-state index in [0.29, 0.717) is 17.8 Å². The van der Waals surface area contributed by atoms with Gasteiger partial charge in [0, 0.05) is 12.7 Å². The van der Waals surface area contributed by atoms with Crippen molar-refractivity contribution in [3.63, 3.8) is 0 Å². The number of primary amides is 1. The predicted octanol–water partition coefficient (Wildman–Crippen LogP) is 3.28. The van der Waals surface area contributed by atoms with Crippen LogP contribution in [-0.4, -0.2) is 34.3 Å². The molecule has 2 heterocycles. The third-order valence-electron chi connectivity index (χ3n) is 4.64. The van der Waals surface area contributed by atoms with Crippen LogP contribution in [0.15, 0.2) is 54.7 Å². The second kappa shape index (κ2) is 8.43. The van der Waals surface area contributed by atoms with Crippen LogP contribution in [-0.2, 0) is 0 Å². The zero-order valence-corrected chi connectivity index (χ0v) is 14.7. The SMILES string of the molecule is NC(=O)c1ccc(C(=O)N2CCCCCC2/C=C/c2ccccc2)nc1. The molecule has 26 heavy (non-hydrogen) atoms. The smallest absolute Gasteiger partial charge is 0.272 e. The van der Waals surface area contributed by atoms with Crippen molar-refractivity contribution in [1.29, 1.82) is 0 Å². The normalized spacial score (nSPS) is 17.8. The van der Waals surface area contributed by atoms with Crippen LogP contribution >= 0.6 is 0 Å². The minimum absolute atomic E-state index is 0.0443. The van der Waals surface area contributed by atoms with Gasteiger partial charge in [0.2, 0.25) is 5.91 Å². The highest BCUT2D eigenvalue weighted by Gasteiger charge is 2.25. The maximum absolute atomic E-state index is 13.0. The first-order valence-electron chi connectivity index (χ1n) is 8.95. The van der Waals surface area contributed by atoms with E-state index in [4.69, 9.17) is 5.73 Å². The molecule has 1 aromatic carbocycles. The summed E-state index contributed by atoms with van der Waals surface area (Å²) in [5.41, 5.74) is 7.00. The van der Waals surface area contributed by atoms with E-state index in [1.165, 1.54) is 6.20 Å². The fourth-order valence-electron chi connectivity index (χ4n) is 3.19. The van der Waals surface area contributed by atoms with Crippen molar-refractivity contribution in [2.45, 2.75) is 31.7 Å². The Kier molecular flexibility index (Phi) is 5.79. The number of nitrogens with two attached hydrogens (primary N) is 1. The summed E-state index contributed by atoms with van der Waals surface area (Å²) in [4.78, 5) is 30.2. The number of aromatic nitrogens is 1. The fourth-order valence-corrected chi connectivity index (χ4v) is 3.19. The average Bonchev–Trinajstić information content (AvgIpc) is 2.92. The van der Waals surface area contributed by atoms with Gasteiger partial charge in [-0.2, -0.15) is 0 Å². The molecule has 5 heteroatoms. The Morgan fingerprint density at radius 2 is 1.88 bits per heavy atom. The highest BCUT2D eigenvalue weighted by atomic mass is 16.2. The van der Waals surface area contributed by atoms with Crippen molar-refractivity contribution in [3.05, 3.63) is 71.6 Å². The van der Waals surface area contributed by atoms with Gasteiger partial charge in [-0.25, -0.2) is 0 Å². The van der Waals surface area contributed by atoms with Crippen LogP contribution in [0, 0.1) is 0 Å². The molecule has 2 N–H and O–H groups in total. The van der Waals surface area contributed by atoms with Crippen molar-refractivity contribution < 1.29 is 9.59 Å². The fraction of sp³-hybridized carbons (Fsp3) is 0.286. The quantitative estimate of drug-likeness (QED) is 0.920. The second-order valence-corrected chi connectivity index (χ2v) is 6.48. The Bertz CT molecular complexity index is 785. The molecule has 1 atom stereocenters. The van der Waals surface area contributed by atoms with E-state index < -0.39 is 5.91 Å². The molecular formula is C21H23N3O2. The summed E-state index contributed by atoms with van der Waals surface area (Å²) in [5.74, 6) is -0.652. The predicted molar refractivity (Wildman–Crippen MR) is 102 cm³/mol. The molecule has 1 fully saturated rings. The Morgan fingerprint density at radius 3 is 2.58 bits per heavy atom. The third kappa shape index (κ3) is 4.36. The minimum Gasteiger partial charge on any atom is -0.366 e. The number of carbonyl (C=O) groups is 2. The van der Waals surface area contributed by atoms with E-state index in [2.05, 4.69) is 17.1 Å². The zero-order chi connectivity index (χ0) is 18.4. The van der Waals surface area contributed by atoms with E-state index in [0.717, 1.165) is 31.2 Å². The number of likely N-dealkylation sites (tertiary alicyclic amines) is 1. The molecular weight excluding hydrogens is 326 g/mol. The molecule has 2 amide bonds. The standard InChI is InChI=1S/C21H23N3O2/c22-20(25)17-11-13-19(23-15-17)21(26)24-14-6-2-5-9-18(24)12-10-16-7-3-1-4-8-16/h1,3-4,7-8,10-13,15,18H,2,5-6,9,14H2,(H2,22,25)/b12-10+. The lowest BCUT2D eigenvalue weighted by atomic mass is 10.1. The van der Waals surface area contributed by atoms with Gasteiger partial charge in [-0.15, -0.1) is 0 Å². The molecule has 0 saturated carbocycles. The Morgan fingerprint density at radius 1 is 1.08 bits per heavy atom. The minimum atomic E-state index is -0.546. The van der Waals surface area contributed by atoms with Crippen LogP contribution in [0.1, 0.15) is 52.1 Å². The van der Waals surface area contributed by atoms with Crippen molar-refractivity contribution in [2.24, 2.45) is 5.73 Å². The first kappa shape index (κ1) is 17.9. The highest BCUT2D eigenvalue weighted by Crippen LogP contribution is 2.21. The van der Waals surface area contributed by atoms with Gasteiger partial charge < -0.3 is 10.6 Å². The summed E-state index contributed by atoms with van der Waals surface area (Å²) in [7, 11) is 0. The molecule has 1 aromatic heterocycles. The van der Waals surface area contributed by atoms with E-state index in [1.807, 2.05) is 35.2 Å². The first-order chi connectivity index (χ1) is 12.6. The van der Waals surface area contributed by atoms with Gasteiger partial charge >= 0.3 is 0 Å². The van der Waals surface area contributed by atoms with E-state index in [-0.39, 0.29) is 11.9 Å². The molecule has 1 saturated heterocycles. The molecule has 1 aliphatic rings. The number of benzene rings is 1. The summed E-state index contributed by atoms with van der Waals surface area (Å²) in [5, 5.41) is 0. The van der Waals surface area contributed by atoms with Gasteiger partial charge in [-0.3, -0.25) is 14.6 Å². The van der Waals surface area contributed by atoms with Crippen LogP contribution in [0.25, 0.3) is 6.08 Å². The van der Waals surface area contributed by atoms with Crippen LogP contribution < -0.4 is 5.73 Å². The van der Waals surface area contributed by atoms with Crippen molar-refractivity contribution in [3.8, 4) is 0 Å². The average molecular weight is 349 g/mol. The van der Waals surface area contributed by atoms with Gasteiger partial charge in [0.25, 0.3) is 5.91 Å². The van der Waals surface area contributed by atoms with Gasteiger partial charge in [0.15, 0.2) is 0 Å². The summed E-state index contributed by atoms with van der Waals surface area (Å²) >= 11 is 0. The van der Waals surface area contributed by atoms with E-state index >= 15 is 0 Å². The molecule has 0 radical (unpaired) electrons. The number of carbonyl (C=O) groups excluding carboxylic acids is 2. The second-order valence-electron chi connectivity index (χ2n) is 6.48.